The van der Waals surface area contributed by atoms with Crippen molar-refractivity contribution in [1.82, 2.24) is 4.90 Å². The largest absolute Gasteiger partial charge is 0.292 e. The molecule has 1 aromatic rings. The molecular weight excluding hydrogens is 230 g/mol. The lowest BCUT2D eigenvalue weighted by molar-refractivity contribution is 0.255. The minimum absolute atomic E-state index is 0.885. The van der Waals surface area contributed by atoms with Crippen molar-refractivity contribution in [2.24, 2.45) is 0 Å². The van der Waals surface area contributed by atoms with Gasteiger partial charge in [0.15, 0.2) is 0 Å². The number of benzene rings is 1. The fourth-order valence-corrected chi connectivity index (χ4v) is 2.06. The molecule has 0 unspecified atom stereocenters. The highest BCUT2D eigenvalue weighted by Gasteiger charge is 2.07. The van der Waals surface area contributed by atoms with Crippen LogP contribution in [0.2, 0.25) is 0 Å². The molecule has 1 aromatic carbocycles. The van der Waals surface area contributed by atoms with Gasteiger partial charge in [-0.25, -0.2) is 0 Å². The van der Waals surface area contributed by atoms with Crippen LogP contribution >= 0.6 is 0 Å². The van der Waals surface area contributed by atoms with E-state index in [9.17, 15) is 0 Å². The average Bonchev–Trinajstić information content (AvgIpc) is 2.48. The molecule has 0 saturated carbocycles. The Morgan fingerprint density at radius 1 is 0.947 bits per heavy atom. The number of piperidine rings is 1. The molecule has 0 spiro atoms. The third-order valence-corrected chi connectivity index (χ3v) is 3.09. The van der Waals surface area contributed by atoms with Crippen molar-refractivity contribution >= 4 is 0 Å². The molecule has 1 heteroatoms. The number of allylic oxidation sites excluding steroid dienone is 2. The molecular formula is C18H19N. The summed E-state index contributed by atoms with van der Waals surface area (Å²) < 4.78 is 0. The quantitative estimate of drug-likeness (QED) is 0.691. The van der Waals surface area contributed by atoms with Crippen LogP contribution in [0.3, 0.4) is 0 Å². The molecule has 0 atom stereocenters. The summed E-state index contributed by atoms with van der Waals surface area (Å²) in [6.07, 6.45) is 7.66. The van der Waals surface area contributed by atoms with Crippen LogP contribution in [0.4, 0.5) is 0 Å². The van der Waals surface area contributed by atoms with Gasteiger partial charge in [-0.1, -0.05) is 48.3 Å². The van der Waals surface area contributed by atoms with Gasteiger partial charge in [-0.3, -0.25) is 4.90 Å². The zero-order valence-electron chi connectivity index (χ0n) is 11.2. The average molecular weight is 249 g/mol. The van der Waals surface area contributed by atoms with Gasteiger partial charge in [0, 0.05) is 5.56 Å². The smallest absolute Gasteiger partial charge is 0.0605 e. The van der Waals surface area contributed by atoms with Crippen LogP contribution in [0.15, 0.2) is 42.5 Å². The second-order valence-electron chi connectivity index (χ2n) is 4.63. The van der Waals surface area contributed by atoms with Crippen LogP contribution in [0.1, 0.15) is 24.8 Å². The molecule has 1 heterocycles. The minimum Gasteiger partial charge on any atom is -0.292 e. The van der Waals surface area contributed by atoms with Crippen molar-refractivity contribution in [3.05, 3.63) is 48.0 Å². The fraction of sp³-hybridized carbons (Fsp3) is 0.333. The molecule has 1 aliphatic heterocycles. The first kappa shape index (κ1) is 13.5. The highest BCUT2D eigenvalue weighted by Crippen LogP contribution is 2.06. The molecule has 0 aliphatic carbocycles. The predicted molar refractivity (Wildman–Crippen MR) is 80.5 cm³/mol. The van der Waals surface area contributed by atoms with Crippen LogP contribution < -0.4 is 0 Å². The second-order valence-corrected chi connectivity index (χ2v) is 4.63. The van der Waals surface area contributed by atoms with Crippen LogP contribution in [0, 0.1) is 23.7 Å². The van der Waals surface area contributed by atoms with Gasteiger partial charge in [0.2, 0.25) is 0 Å². The number of nitrogens with zero attached hydrogens (tertiary/aromatic N) is 1. The fourth-order valence-electron chi connectivity index (χ4n) is 2.06. The maximum atomic E-state index is 3.18. The van der Waals surface area contributed by atoms with Crippen LogP contribution in [-0.4, -0.2) is 24.5 Å². The molecule has 1 aliphatic rings. The van der Waals surface area contributed by atoms with Crippen LogP contribution in [0.25, 0.3) is 0 Å². The van der Waals surface area contributed by atoms with E-state index in [0.29, 0.717) is 0 Å². The molecule has 1 fully saturated rings. The van der Waals surface area contributed by atoms with Crippen molar-refractivity contribution in [2.45, 2.75) is 19.3 Å². The monoisotopic (exact) mass is 249 g/mol. The Hall–Kier alpha value is -1.96. The number of likely N-dealkylation sites (tertiary alicyclic amines) is 1. The zero-order valence-corrected chi connectivity index (χ0v) is 11.2. The van der Waals surface area contributed by atoms with E-state index in [4.69, 9.17) is 0 Å². The lowest BCUT2D eigenvalue weighted by Gasteiger charge is -2.23. The van der Waals surface area contributed by atoms with E-state index in [0.717, 1.165) is 12.1 Å². The lowest BCUT2D eigenvalue weighted by Crippen LogP contribution is -2.29. The topological polar surface area (TPSA) is 3.24 Å². The normalized spacial score (nSPS) is 15.4. The van der Waals surface area contributed by atoms with Crippen LogP contribution in [0.5, 0.6) is 0 Å². The number of hydrogen-bond acceptors (Lipinski definition) is 1. The Kier molecular flexibility index (Phi) is 5.81. The minimum atomic E-state index is 0.885. The summed E-state index contributed by atoms with van der Waals surface area (Å²) in [5, 5.41) is 0. The summed E-state index contributed by atoms with van der Waals surface area (Å²) in [6.45, 7) is 3.29. The Morgan fingerprint density at radius 2 is 1.68 bits per heavy atom. The van der Waals surface area contributed by atoms with E-state index in [1.807, 2.05) is 42.5 Å². The van der Waals surface area contributed by atoms with Crippen molar-refractivity contribution in [1.29, 1.82) is 0 Å². The van der Waals surface area contributed by atoms with E-state index in [1.165, 1.54) is 32.4 Å². The third kappa shape index (κ3) is 5.47. The first-order chi connectivity index (χ1) is 9.45. The molecule has 0 radical (unpaired) electrons. The van der Waals surface area contributed by atoms with Crippen molar-refractivity contribution in [3.63, 3.8) is 0 Å². The molecule has 0 bridgehead atoms. The first-order valence-electron chi connectivity index (χ1n) is 6.87. The lowest BCUT2D eigenvalue weighted by atomic mass is 10.1. The summed E-state index contributed by atoms with van der Waals surface area (Å²) in [7, 11) is 0. The van der Waals surface area contributed by atoms with Gasteiger partial charge in [-0.15, -0.1) is 0 Å². The van der Waals surface area contributed by atoms with Crippen molar-refractivity contribution in [2.75, 3.05) is 19.6 Å². The highest BCUT2D eigenvalue weighted by atomic mass is 15.1. The standard InChI is InChI=1S/C18H19N/c1(2-6-12-18-13-7-4-8-14-18)3-9-15-19-16-10-5-11-17-19/h1-2,4,7-8,13-14H,5,10-11,15-17H2/b2-1+. The predicted octanol–water partition coefficient (Wildman–Crippen LogP) is 3.08. The molecule has 0 amide bonds. The maximum absolute atomic E-state index is 3.18. The van der Waals surface area contributed by atoms with E-state index in [-0.39, 0.29) is 0 Å². The summed E-state index contributed by atoms with van der Waals surface area (Å²) >= 11 is 0. The van der Waals surface area contributed by atoms with Gasteiger partial charge in [0.25, 0.3) is 0 Å². The van der Waals surface area contributed by atoms with E-state index in [1.54, 1.807) is 0 Å². The first-order valence-corrected chi connectivity index (χ1v) is 6.87. The van der Waals surface area contributed by atoms with Gasteiger partial charge in [0.1, 0.15) is 0 Å². The number of hydrogen-bond donors (Lipinski definition) is 0. The van der Waals surface area contributed by atoms with Gasteiger partial charge in [0.05, 0.1) is 6.54 Å². The SMILES string of the molecule is C(#CCN1CCCCC1)/C=C/C#Cc1ccccc1. The molecule has 96 valence electrons. The van der Waals surface area contributed by atoms with E-state index < -0.39 is 0 Å². The van der Waals surface area contributed by atoms with Gasteiger partial charge >= 0.3 is 0 Å². The molecule has 0 aromatic heterocycles. The van der Waals surface area contributed by atoms with Crippen LogP contribution in [-0.2, 0) is 0 Å². The Labute approximate surface area is 116 Å². The van der Waals surface area contributed by atoms with Gasteiger partial charge < -0.3 is 0 Å². The molecule has 1 nitrogen and oxygen atoms in total. The van der Waals surface area contributed by atoms with E-state index in [2.05, 4.69) is 28.6 Å². The third-order valence-electron chi connectivity index (χ3n) is 3.09. The van der Waals surface area contributed by atoms with Crippen molar-refractivity contribution in [3.8, 4) is 23.7 Å². The Balaban J connectivity index is 1.73. The second kappa shape index (κ2) is 8.20. The summed E-state index contributed by atoms with van der Waals surface area (Å²) in [5.74, 6) is 12.3. The van der Waals surface area contributed by atoms with Gasteiger partial charge in [-0.2, -0.15) is 0 Å². The molecule has 2 rings (SSSR count). The molecule has 1 saturated heterocycles. The summed E-state index contributed by atoms with van der Waals surface area (Å²) in [5.41, 5.74) is 1.04. The van der Waals surface area contributed by atoms with E-state index >= 15 is 0 Å². The molecule has 0 N–H and O–H groups in total. The Bertz CT molecular complexity index is 514. The Morgan fingerprint density at radius 3 is 2.47 bits per heavy atom. The maximum Gasteiger partial charge on any atom is 0.0605 e. The van der Waals surface area contributed by atoms with Gasteiger partial charge in [-0.05, 0) is 50.2 Å². The molecule has 19 heavy (non-hydrogen) atoms. The summed E-state index contributed by atoms with van der Waals surface area (Å²) in [4.78, 5) is 2.42. The van der Waals surface area contributed by atoms with Crippen molar-refractivity contribution < 1.29 is 0 Å². The zero-order chi connectivity index (χ0) is 13.2. The highest BCUT2D eigenvalue weighted by molar-refractivity contribution is 5.37. The number of rotatable bonds is 1. The summed E-state index contributed by atoms with van der Waals surface area (Å²) in [6, 6.07) is 9.98.